The molecule has 2 N–H and O–H groups in total. The lowest BCUT2D eigenvalue weighted by Gasteiger charge is -2.08. The predicted octanol–water partition coefficient (Wildman–Crippen LogP) is 1.25. The number of hydrogen-bond donors (Lipinski definition) is 2. The van der Waals surface area contributed by atoms with Crippen LogP contribution in [0.1, 0.15) is 32.6 Å². The molecule has 1 aliphatic heterocycles. The fourth-order valence-corrected chi connectivity index (χ4v) is 1.25. The molecule has 0 aromatic carbocycles. The Labute approximate surface area is 63.4 Å². The molecule has 0 aromatic heterocycles. The highest BCUT2D eigenvalue weighted by Gasteiger charge is 2.11. The van der Waals surface area contributed by atoms with Gasteiger partial charge >= 0.3 is 0 Å². The van der Waals surface area contributed by atoms with E-state index in [9.17, 15) is 0 Å². The van der Waals surface area contributed by atoms with Gasteiger partial charge in [0.15, 0.2) is 0 Å². The first-order valence-corrected chi connectivity index (χ1v) is 4.24. The van der Waals surface area contributed by atoms with Crippen molar-refractivity contribution in [2.24, 2.45) is 0 Å². The van der Waals surface area contributed by atoms with Crippen LogP contribution in [0.15, 0.2) is 0 Å². The van der Waals surface area contributed by atoms with Gasteiger partial charge in [-0.1, -0.05) is 26.2 Å². The van der Waals surface area contributed by atoms with Crippen molar-refractivity contribution in [2.45, 2.75) is 38.8 Å². The van der Waals surface area contributed by atoms with Crippen LogP contribution in [-0.2, 0) is 0 Å². The van der Waals surface area contributed by atoms with Crippen molar-refractivity contribution in [2.75, 3.05) is 6.54 Å². The lowest BCUT2D eigenvalue weighted by Crippen LogP contribution is -2.29. The Morgan fingerprint density at radius 1 is 1.50 bits per heavy atom. The van der Waals surface area contributed by atoms with Gasteiger partial charge in [-0.2, -0.15) is 0 Å². The monoisotopic (exact) mass is 141 g/mol. The summed E-state index contributed by atoms with van der Waals surface area (Å²) in [5.74, 6) is 0. The summed E-state index contributed by atoms with van der Waals surface area (Å²) in [6.07, 6.45) is 5.85. The predicted molar refractivity (Wildman–Crippen MR) is 43.4 cm³/mol. The van der Waals surface area contributed by atoms with Gasteiger partial charge in [0.1, 0.15) is 0 Å². The second-order valence-electron chi connectivity index (χ2n) is 2.83. The summed E-state index contributed by atoms with van der Waals surface area (Å²) in [6.45, 7) is 5.36. The minimum absolute atomic E-state index is 0.562. The second-order valence-corrected chi connectivity index (χ2v) is 2.83. The molecule has 0 amide bonds. The van der Waals surface area contributed by atoms with E-state index in [2.05, 4.69) is 24.1 Å². The Hall–Kier alpha value is -0.0800. The van der Waals surface area contributed by atoms with Crippen LogP contribution < -0.4 is 10.6 Å². The molecule has 1 saturated heterocycles. The number of nitrogens with one attached hydrogen (secondary N) is 2. The smallest absolute Gasteiger partial charge is 0.0575 e. The van der Waals surface area contributed by atoms with Gasteiger partial charge in [-0.25, -0.2) is 0 Å². The third kappa shape index (κ3) is 2.67. The summed E-state index contributed by atoms with van der Waals surface area (Å²) in [4.78, 5) is 0. The molecule has 1 unspecified atom stereocenters. The quantitative estimate of drug-likeness (QED) is 0.576. The van der Waals surface area contributed by atoms with E-state index in [1.54, 1.807) is 0 Å². The third-order valence-corrected chi connectivity index (χ3v) is 1.88. The van der Waals surface area contributed by atoms with Crippen LogP contribution in [-0.4, -0.2) is 12.7 Å². The molecule has 1 radical (unpaired) electrons. The van der Waals surface area contributed by atoms with Crippen molar-refractivity contribution in [3.05, 3.63) is 6.54 Å². The number of rotatable bonds is 4. The normalized spacial score (nSPS) is 20.1. The zero-order valence-corrected chi connectivity index (χ0v) is 6.69. The summed E-state index contributed by atoms with van der Waals surface area (Å²) < 4.78 is 0. The molecule has 0 aliphatic carbocycles. The number of unbranched alkanes of at least 4 members (excludes halogenated alkanes) is 2. The molecule has 2 nitrogen and oxygen atoms in total. The molecular weight excluding hydrogens is 124 g/mol. The van der Waals surface area contributed by atoms with Crippen LogP contribution in [0.25, 0.3) is 0 Å². The van der Waals surface area contributed by atoms with E-state index in [-0.39, 0.29) is 0 Å². The Morgan fingerprint density at radius 3 is 3.00 bits per heavy atom. The van der Waals surface area contributed by atoms with Gasteiger partial charge in [-0.05, 0) is 6.42 Å². The van der Waals surface area contributed by atoms with Crippen LogP contribution in [0.5, 0.6) is 0 Å². The first-order valence-electron chi connectivity index (χ1n) is 4.24. The van der Waals surface area contributed by atoms with Gasteiger partial charge < -0.3 is 5.32 Å². The van der Waals surface area contributed by atoms with E-state index in [0.717, 1.165) is 6.54 Å². The maximum absolute atomic E-state index is 3.35. The molecule has 0 bridgehead atoms. The molecule has 0 aromatic rings. The molecule has 1 atom stereocenters. The van der Waals surface area contributed by atoms with Gasteiger partial charge in [-0.3, -0.25) is 5.32 Å². The minimum atomic E-state index is 0.562. The van der Waals surface area contributed by atoms with Crippen LogP contribution in [0.4, 0.5) is 0 Å². The maximum Gasteiger partial charge on any atom is 0.0575 e. The van der Waals surface area contributed by atoms with E-state index in [4.69, 9.17) is 0 Å². The molecule has 1 rings (SSSR count). The van der Waals surface area contributed by atoms with E-state index >= 15 is 0 Å². The zero-order valence-electron chi connectivity index (χ0n) is 6.69. The zero-order chi connectivity index (χ0) is 7.23. The Morgan fingerprint density at radius 2 is 2.40 bits per heavy atom. The van der Waals surface area contributed by atoms with Crippen LogP contribution in [0.2, 0.25) is 0 Å². The van der Waals surface area contributed by atoms with Gasteiger partial charge in [0, 0.05) is 13.1 Å². The lowest BCUT2D eigenvalue weighted by molar-refractivity contribution is 0.488. The standard InChI is InChI=1S/C8H17N2/c1-2-3-4-5-8-9-6-7-10-8/h6,8-10H,2-5,7H2,1H3. The van der Waals surface area contributed by atoms with Gasteiger partial charge in [0.05, 0.1) is 6.17 Å². The fourth-order valence-electron chi connectivity index (χ4n) is 1.25. The molecule has 2 heteroatoms. The van der Waals surface area contributed by atoms with Crippen molar-refractivity contribution in [1.82, 2.24) is 10.6 Å². The third-order valence-electron chi connectivity index (χ3n) is 1.88. The molecular formula is C8H17N2. The highest BCUT2D eigenvalue weighted by molar-refractivity contribution is 4.81. The van der Waals surface area contributed by atoms with Crippen molar-refractivity contribution in [3.8, 4) is 0 Å². The first-order chi connectivity index (χ1) is 4.93. The largest absolute Gasteiger partial charge is 0.300 e. The van der Waals surface area contributed by atoms with Crippen molar-refractivity contribution in [3.63, 3.8) is 0 Å². The summed E-state index contributed by atoms with van der Waals surface area (Å²) in [7, 11) is 0. The SMILES string of the molecule is CCCCCC1N[CH]CN1. The van der Waals surface area contributed by atoms with Gasteiger partial charge in [-0.15, -0.1) is 0 Å². The minimum Gasteiger partial charge on any atom is -0.300 e. The highest BCUT2D eigenvalue weighted by Crippen LogP contribution is 2.03. The van der Waals surface area contributed by atoms with Gasteiger partial charge in [0.2, 0.25) is 0 Å². The average molecular weight is 141 g/mol. The maximum atomic E-state index is 3.35. The fraction of sp³-hybridized carbons (Fsp3) is 0.875. The molecule has 0 spiro atoms. The molecule has 1 fully saturated rings. The van der Waals surface area contributed by atoms with E-state index in [1.165, 1.54) is 25.7 Å². The van der Waals surface area contributed by atoms with Crippen molar-refractivity contribution >= 4 is 0 Å². The topological polar surface area (TPSA) is 24.1 Å². The highest BCUT2D eigenvalue weighted by atomic mass is 15.2. The molecule has 1 aliphatic rings. The van der Waals surface area contributed by atoms with Crippen molar-refractivity contribution in [1.29, 1.82) is 0 Å². The van der Waals surface area contributed by atoms with Crippen LogP contribution in [0.3, 0.4) is 0 Å². The van der Waals surface area contributed by atoms with Gasteiger partial charge in [0.25, 0.3) is 0 Å². The Kier molecular flexibility index (Phi) is 3.76. The Bertz CT molecular complexity index is 77.3. The summed E-state index contributed by atoms with van der Waals surface area (Å²) in [6, 6.07) is 0. The number of hydrogen-bond acceptors (Lipinski definition) is 2. The molecule has 1 heterocycles. The Balaban J connectivity index is 1.91. The van der Waals surface area contributed by atoms with E-state index < -0.39 is 0 Å². The second kappa shape index (κ2) is 4.69. The van der Waals surface area contributed by atoms with E-state index in [1.807, 2.05) is 0 Å². The molecule has 59 valence electrons. The first kappa shape index (κ1) is 8.02. The molecule has 10 heavy (non-hydrogen) atoms. The summed E-state index contributed by atoms with van der Waals surface area (Å²) in [5.41, 5.74) is 0. The van der Waals surface area contributed by atoms with E-state index in [0.29, 0.717) is 6.17 Å². The lowest BCUT2D eigenvalue weighted by atomic mass is 10.2. The van der Waals surface area contributed by atoms with Crippen LogP contribution >= 0.6 is 0 Å². The summed E-state index contributed by atoms with van der Waals surface area (Å²) >= 11 is 0. The van der Waals surface area contributed by atoms with Crippen molar-refractivity contribution < 1.29 is 0 Å². The summed E-state index contributed by atoms with van der Waals surface area (Å²) in [5, 5.41) is 6.63. The van der Waals surface area contributed by atoms with Crippen LogP contribution in [0, 0.1) is 6.54 Å². The average Bonchev–Trinajstić information content (AvgIpc) is 2.41. The molecule has 0 saturated carbocycles.